The standard InChI is InChI=1S/C16H20ClFN2O3/c1-10(23-12-7-8-14(18)13(17)9-12)15(21)20-16(22)19-11-5-3-2-4-6-11/h7-11H,2-6H2,1H3,(H2,19,20,21,22)/t10-/m1/s1. The largest absolute Gasteiger partial charge is 0.481 e. The lowest BCUT2D eigenvalue weighted by molar-refractivity contribution is -0.126. The van der Waals surface area contributed by atoms with Crippen molar-refractivity contribution in [3.8, 4) is 5.75 Å². The number of amides is 3. The van der Waals surface area contributed by atoms with Gasteiger partial charge in [-0.1, -0.05) is 30.9 Å². The van der Waals surface area contributed by atoms with Crippen LogP contribution in [0.1, 0.15) is 39.0 Å². The molecule has 3 amide bonds. The van der Waals surface area contributed by atoms with Crippen molar-refractivity contribution in [1.29, 1.82) is 0 Å². The van der Waals surface area contributed by atoms with Crippen LogP contribution in [0.2, 0.25) is 5.02 Å². The highest BCUT2D eigenvalue weighted by Crippen LogP contribution is 2.22. The summed E-state index contributed by atoms with van der Waals surface area (Å²) in [4.78, 5) is 23.8. The molecule has 1 aliphatic carbocycles. The van der Waals surface area contributed by atoms with Gasteiger partial charge in [-0.05, 0) is 31.9 Å². The number of ether oxygens (including phenoxy) is 1. The second-order valence-electron chi connectivity index (χ2n) is 5.63. The second kappa shape index (κ2) is 8.15. The van der Waals surface area contributed by atoms with E-state index in [2.05, 4.69) is 10.6 Å². The lowest BCUT2D eigenvalue weighted by atomic mass is 9.96. The first-order valence-corrected chi connectivity index (χ1v) is 8.06. The number of carbonyl (C=O) groups is 2. The predicted molar refractivity (Wildman–Crippen MR) is 85.0 cm³/mol. The van der Waals surface area contributed by atoms with Crippen molar-refractivity contribution in [1.82, 2.24) is 10.6 Å². The summed E-state index contributed by atoms with van der Waals surface area (Å²) >= 11 is 5.65. The highest BCUT2D eigenvalue weighted by Gasteiger charge is 2.20. The van der Waals surface area contributed by atoms with Gasteiger partial charge < -0.3 is 10.1 Å². The van der Waals surface area contributed by atoms with Crippen molar-refractivity contribution < 1.29 is 18.7 Å². The second-order valence-corrected chi connectivity index (χ2v) is 6.04. The molecule has 23 heavy (non-hydrogen) atoms. The summed E-state index contributed by atoms with van der Waals surface area (Å²) in [6.07, 6.45) is 4.31. The van der Waals surface area contributed by atoms with E-state index in [4.69, 9.17) is 16.3 Å². The zero-order valence-corrected chi connectivity index (χ0v) is 13.7. The summed E-state index contributed by atoms with van der Waals surface area (Å²) in [7, 11) is 0. The lowest BCUT2D eigenvalue weighted by Crippen LogP contribution is -2.48. The number of rotatable bonds is 4. The van der Waals surface area contributed by atoms with Crippen molar-refractivity contribution in [3.63, 3.8) is 0 Å². The van der Waals surface area contributed by atoms with E-state index in [-0.39, 0.29) is 16.8 Å². The Kier molecular flexibility index (Phi) is 6.21. The Hall–Kier alpha value is -1.82. The molecule has 1 aromatic carbocycles. The monoisotopic (exact) mass is 342 g/mol. The van der Waals surface area contributed by atoms with Crippen molar-refractivity contribution >= 4 is 23.5 Å². The van der Waals surface area contributed by atoms with Crippen molar-refractivity contribution in [2.45, 2.75) is 51.2 Å². The molecule has 0 radical (unpaired) electrons. The Morgan fingerprint density at radius 2 is 2.00 bits per heavy atom. The highest BCUT2D eigenvalue weighted by atomic mass is 35.5. The molecule has 1 atom stereocenters. The van der Waals surface area contributed by atoms with Gasteiger partial charge in [-0.25, -0.2) is 9.18 Å². The molecule has 0 aromatic heterocycles. The van der Waals surface area contributed by atoms with E-state index in [1.807, 2.05) is 0 Å². The summed E-state index contributed by atoms with van der Waals surface area (Å²) in [6, 6.07) is 3.40. The number of carbonyl (C=O) groups excluding carboxylic acids is 2. The number of urea groups is 1. The third kappa shape index (κ3) is 5.39. The van der Waals surface area contributed by atoms with Gasteiger partial charge in [0, 0.05) is 12.1 Å². The quantitative estimate of drug-likeness (QED) is 0.881. The zero-order valence-electron chi connectivity index (χ0n) is 12.9. The van der Waals surface area contributed by atoms with Crippen LogP contribution in [-0.4, -0.2) is 24.1 Å². The number of hydrogen-bond donors (Lipinski definition) is 2. The van der Waals surface area contributed by atoms with Gasteiger partial charge in [-0.2, -0.15) is 0 Å². The molecule has 0 saturated heterocycles. The third-order valence-electron chi connectivity index (χ3n) is 3.75. The SMILES string of the molecule is C[C@@H](Oc1ccc(F)c(Cl)c1)C(=O)NC(=O)NC1CCCCC1. The molecule has 2 rings (SSSR count). The highest BCUT2D eigenvalue weighted by molar-refractivity contribution is 6.30. The average molecular weight is 343 g/mol. The van der Waals surface area contributed by atoms with Gasteiger partial charge in [0.05, 0.1) is 5.02 Å². The van der Waals surface area contributed by atoms with Crippen LogP contribution in [-0.2, 0) is 4.79 Å². The van der Waals surface area contributed by atoms with Crippen LogP contribution in [0.5, 0.6) is 5.75 Å². The summed E-state index contributed by atoms with van der Waals surface area (Å²) in [5.41, 5.74) is 0. The molecule has 0 bridgehead atoms. The van der Waals surface area contributed by atoms with Gasteiger partial charge >= 0.3 is 6.03 Å². The number of hydrogen-bond acceptors (Lipinski definition) is 3. The fourth-order valence-electron chi connectivity index (χ4n) is 2.49. The molecule has 1 aromatic rings. The molecule has 0 spiro atoms. The maximum absolute atomic E-state index is 13.1. The number of nitrogens with one attached hydrogen (secondary N) is 2. The Morgan fingerprint density at radius 3 is 2.65 bits per heavy atom. The fourth-order valence-corrected chi connectivity index (χ4v) is 2.66. The summed E-state index contributed by atoms with van der Waals surface area (Å²) in [5, 5.41) is 4.95. The number of halogens is 2. The minimum Gasteiger partial charge on any atom is -0.481 e. The first kappa shape index (κ1) is 17.5. The van der Waals surface area contributed by atoms with Gasteiger partial charge in [0.2, 0.25) is 0 Å². The molecule has 0 unspecified atom stereocenters. The summed E-state index contributed by atoms with van der Waals surface area (Å²) in [5.74, 6) is -0.881. The maximum Gasteiger partial charge on any atom is 0.321 e. The molecule has 2 N–H and O–H groups in total. The zero-order chi connectivity index (χ0) is 16.8. The first-order valence-electron chi connectivity index (χ1n) is 7.69. The van der Waals surface area contributed by atoms with E-state index in [1.54, 1.807) is 0 Å². The molecule has 7 heteroatoms. The predicted octanol–water partition coefficient (Wildman–Crippen LogP) is 3.40. The van der Waals surface area contributed by atoms with E-state index < -0.39 is 23.9 Å². The average Bonchev–Trinajstić information content (AvgIpc) is 2.51. The Bertz CT molecular complexity index is 576. The molecule has 0 heterocycles. The molecule has 1 aliphatic rings. The van der Waals surface area contributed by atoms with Gasteiger partial charge in [0.15, 0.2) is 6.10 Å². The van der Waals surface area contributed by atoms with Crippen LogP contribution < -0.4 is 15.4 Å². The maximum atomic E-state index is 13.1. The molecule has 1 fully saturated rings. The summed E-state index contributed by atoms with van der Waals surface area (Å²) < 4.78 is 18.4. The molecule has 0 aliphatic heterocycles. The van der Waals surface area contributed by atoms with Crippen molar-refractivity contribution in [3.05, 3.63) is 29.0 Å². The van der Waals surface area contributed by atoms with Gasteiger partial charge in [-0.15, -0.1) is 0 Å². The van der Waals surface area contributed by atoms with Crippen LogP contribution in [0.15, 0.2) is 18.2 Å². The molecule has 5 nitrogen and oxygen atoms in total. The topological polar surface area (TPSA) is 67.4 Å². The Labute approximate surface area is 139 Å². The van der Waals surface area contributed by atoms with Gasteiger partial charge in [-0.3, -0.25) is 10.1 Å². The van der Waals surface area contributed by atoms with Gasteiger partial charge in [0.1, 0.15) is 11.6 Å². The summed E-state index contributed by atoms with van der Waals surface area (Å²) in [6.45, 7) is 1.50. The van der Waals surface area contributed by atoms with Crippen molar-refractivity contribution in [2.24, 2.45) is 0 Å². The lowest BCUT2D eigenvalue weighted by Gasteiger charge is -2.23. The normalized spacial score (nSPS) is 16.5. The van der Waals surface area contributed by atoms with Crippen molar-refractivity contribution in [2.75, 3.05) is 0 Å². The van der Waals surface area contributed by atoms with E-state index in [9.17, 15) is 14.0 Å². The van der Waals surface area contributed by atoms with E-state index in [0.717, 1.165) is 31.7 Å². The smallest absolute Gasteiger partial charge is 0.321 e. The minimum absolute atomic E-state index is 0.0925. The Morgan fingerprint density at radius 1 is 1.30 bits per heavy atom. The molecular weight excluding hydrogens is 323 g/mol. The van der Waals surface area contributed by atoms with Crippen LogP contribution in [0.25, 0.3) is 0 Å². The number of imide groups is 1. The Balaban J connectivity index is 1.81. The van der Waals surface area contributed by atoms with Crippen LogP contribution in [0.4, 0.5) is 9.18 Å². The van der Waals surface area contributed by atoms with E-state index in [1.165, 1.54) is 25.5 Å². The number of benzene rings is 1. The van der Waals surface area contributed by atoms with E-state index in [0.29, 0.717) is 0 Å². The minimum atomic E-state index is -0.909. The van der Waals surface area contributed by atoms with Crippen LogP contribution in [0.3, 0.4) is 0 Å². The first-order chi connectivity index (χ1) is 11.0. The van der Waals surface area contributed by atoms with Gasteiger partial charge in [0.25, 0.3) is 5.91 Å². The van der Waals surface area contributed by atoms with Crippen LogP contribution in [0, 0.1) is 5.82 Å². The molecular formula is C16H20ClFN2O3. The van der Waals surface area contributed by atoms with E-state index >= 15 is 0 Å². The molecule has 1 saturated carbocycles. The van der Waals surface area contributed by atoms with Crippen LogP contribution >= 0.6 is 11.6 Å². The molecule has 126 valence electrons. The third-order valence-corrected chi connectivity index (χ3v) is 4.04. The fraction of sp³-hybridized carbons (Fsp3) is 0.500.